The molecule has 0 bridgehead atoms. The summed E-state index contributed by atoms with van der Waals surface area (Å²) in [5, 5.41) is 9.70. The topological polar surface area (TPSA) is 18.1 Å². The second-order valence-electron chi connectivity index (χ2n) is 9.45. The number of hydrogen-bond donors (Lipinski definition) is 0. The van der Waals surface area contributed by atoms with Gasteiger partial charge < -0.3 is 8.98 Å². The number of para-hydroxylation sites is 2. The minimum Gasteiger partial charge on any atom is -0.455 e. The smallest absolute Gasteiger partial charge is 0.143 e. The summed E-state index contributed by atoms with van der Waals surface area (Å²) in [6.07, 6.45) is 0. The average Bonchev–Trinajstić information content (AvgIpc) is 3.45. The molecule has 164 valence electrons. The van der Waals surface area contributed by atoms with Crippen LogP contribution in [0.1, 0.15) is 5.56 Å². The lowest BCUT2D eigenvalue weighted by Gasteiger charge is -2.11. The molecule has 8 rings (SSSR count). The SMILES string of the molecule is Cc1ccc(-n2c3ccccc3c3ccc4c(ccc5ccc6c7ccccc7oc6c54)c32)cc1. The molecule has 2 aromatic heterocycles. The van der Waals surface area contributed by atoms with E-state index in [0.29, 0.717) is 0 Å². The third-order valence-electron chi connectivity index (χ3n) is 7.45. The number of rotatable bonds is 1. The van der Waals surface area contributed by atoms with Crippen LogP contribution in [0.4, 0.5) is 0 Å². The molecule has 0 radical (unpaired) electrons. The molecule has 0 aliphatic rings. The van der Waals surface area contributed by atoms with Crippen LogP contribution < -0.4 is 0 Å². The number of hydrogen-bond acceptors (Lipinski definition) is 1. The van der Waals surface area contributed by atoms with Gasteiger partial charge in [-0.3, -0.25) is 0 Å². The number of aromatic nitrogens is 1. The largest absolute Gasteiger partial charge is 0.455 e. The van der Waals surface area contributed by atoms with Crippen LogP contribution in [-0.2, 0) is 0 Å². The van der Waals surface area contributed by atoms with Gasteiger partial charge in [-0.1, -0.05) is 84.4 Å². The molecular weight excluding hydrogens is 426 g/mol. The Hall–Kier alpha value is -4.56. The summed E-state index contributed by atoms with van der Waals surface area (Å²) in [5.74, 6) is 0. The quantitative estimate of drug-likeness (QED) is 0.229. The summed E-state index contributed by atoms with van der Waals surface area (Å²) in [6.45, 7) is 2.13. The predicted molar refractivity (Wildman–Crippen MR) is 148 cm³/mol. The molecule has 0 aliphatic heterocycles. The van der Waals surface area contributed by atoms with Crippen molar-refractivity contribution in [2.75, 3.05) is 0 Å². The van der Waals surface area contributed by atoms with Crippen LogP contribution >= 0.6 is 0 Å². The fraction of sp³-hybridized carbons (Fsp3) is 0.0303. The molecule has 35 heavy (non-hydrogen) atoms. The van der Waals surface area contributed by atoms with E-state index >= 15 is 0 Å². The van der Waals surface area contributed by atoms with E-state index in [-0.39, 0.29) is 0 Å². The van der Waals surface area contributed by atoms with Gasteiger partial charge in [0, 0.05) is 38.0 Å². The van der Waals surface area contributed by atoms with Crippen LogP contribution in [0.2, 0.25) is 0 Å². The van der Waals surface area contributed by atoms with Crippen molar-refractivity contribution in [3.05, 3.63) is 115 Å². The Morgan fingerprint density at radius 2 is 1.20 bits per heavy atom. The number of benzene rings is 6. The summed E-state index contributed by atoms with van der Waals surface area (Å²) >= 11 is 0. The Labute approximate surface area is 201 Å². The fourth-order valence-electron chi connectivity index (χ4n) is 5.83. The molecule has 0 amide bonds. The molecule has 0 fully saturated rings. The first-order chi connectivity index (χ1) is 17.3. The van der Waals surface area contributed by atoms with E-state index in [4.69, 9.17) is 4.42 Å². The maximum atomic E-state index is 6.47. The van der Waals surface area contributed by atoms with Gasteiger partial charge in [0.1, 0.15) is 11.2 Å². The van der Waals surface area contributed by atoms with E-state index in [2.05, 4.69) is 115 Å². The first kappa shape index (κ1) is 18.8. The maximum Gasteiger partial charge on any atom is 0.143 e. The molecule has 0 saturated carbocycles. The summed E-state index contributed by atoms with van der Waals surface area (Å²) in [6, 6.07) is 39.3. The normalized spacial score (nSPS) is 12.1. The van der Waals surface area contributed by atoms with Gasteiger partial charge in [-0.2, -0.15) is 0 Å². The lowest BCUT2D eigenvalue weighted by atomic mass is 9.97. The van der Waals surface area contributed by atoms with Crippen LogP contribution in [0.25, 0.3) is 71.0 Å². The molecule has 2 nitrogen and oxygen atoms in total. The fourth-order valence-corrected chi connectivity index (χ4v) is 5.83. The van der Waals surface area contributed by atoms with Crippen molar-refractivity contribution in [3.8, 4) is 5.69 Å². The Balaban J connectivity index is 1.61. The lowest BCUT2D eigenvalue weighted by molar-refractivity contribution is 0.673. The summed E-state index contributed by atoms with van der Waals surface area (Å²) in [7, 11) is 0. The molecule has 0 spiro atoms. The molecule has 2 heteroatoms. The monoisotopic (exact) mass is 447 g/mol. The molecule has 0 unspecified atom stereocenters. The van der Waals surface area contributed by atoms with Crippen molar-refractivity contribution >= 4 is 65.3 Å². The summed E-state index contributed by atoms with van der Waals surface area (Å²) in [4.78, 5) is 0. The second-order valence-corrected chi connectivity index (χ2v) is 9.45. The van der Waals surface area contributed by atoms with Crippen molar-refractivity contribution in [3.63, 3.8) is 0 Å². The predicted octanol–water partition coefficient (Wildman–Crippen LogP) is 9.30. The van der Waals surface area contributed by atoms with Gasteiger partial charge in [-0.15, -0.1) is 0 Å². The third kappa shape index (κ3) is 2.49. The third-order valence-corrected chi connectivity index (χ3v) is 7.45. The number of fused-ring (bicyclic) bond motifs is 11. The van der Waals surface area contributed by atoms with Crippen LogP contribution in [0.3, 0.4) is 0 Å². The Morgan fingerprint density at radius 3 is 2.06 bits per heavy atom. The Bertz CT molecular complexity index is 2110. The highest BCUT2D eigenvalue weighted by Crippen LogP contribution is 2.42. The average molecular weight is 448 g/mol. The second kappa shape index (κ2) is 6.74. The van der Waals surface area contributed by atoms with Crippen LogP contribution in [-0.4, -0.2) is 4.57 Å². The van der Waals surface area contributed by atoms with Gasteiger partial charge >= 0.3 is 0 Å². The zero-order valence-corrected chi connectivity index (χ0v) is 19.2. The zero-order chi connectivity index (χ0) is 23.1. The van der Waals surface area contributed by atoms with Crippen LogP contribution in [0, 0.1) is 6.92 Å². The Kier molecular flexibility index (Phi) is 3.62. The van der Waals surface area contributed by atoms with E-state index in [1.54, 1.807) is 0 Å². The minimum absolute atomic E-state index is 0.932. The molecule has 0 atom stereocenters. The van der Waals surface area contributed by atoms with Crippen molar-refractivity contribution < 1.29 is 4.42 Å². The number of nitrogens with zero attached hydrogens (tertiary/aromatic N) is 1. The zero-order valence-electron chi connectivity index (χ0n) is 19.2. The summed E-state index contributed by atoms with van der Waals surface area (Å²) in [5.41, 5.74) is 6.80. The summed E-state index contributed by atoms with van der Waals surface area (Å²) < 4.78 is 8.88. The van der Waals surface area contributed by atoms with Crippen molar-refractivity contribution in [2.45, 2.75) is 6.92 Å². The van der Waals surface area contributed by atoms with Crippen molar-refractivity contribution in [1.82, 2.24) is 4.57 Å². The maximum absolute atomic E-state index is 6.47. The van der Waals surface area contributed by atoms with Crippen molar-refractivity contribution in [2.24, 2.45) is 0 Å². The molecular formula is C33H21NO. The van der Waals surface area contributed by atoms with E-state index in [1.165, 1.54) is 60.0 Å². The molecule has 2 heterocycles. The standard InChI is InChI=1S/C33H21NO/c1-20-10-14-22(15-11-20)34-29-8-4-2-6-23(29)26-19-18-25-27(32(26)34)16-12-21-13-17-28-24-7-3-5-9-30(24)35-33(28)31(21)25/h2-19H,1H3. The van der Waals surface area contributed by atoms with Gasteiger partial charge in [-0.25, -0.2) is 0 Å². The van der Waals surface area contributed by atoms with Gasteiger partial charge in [0.05, 0.1) is 11.0 Å². The highest BCUT2D eigenvalue weighted by atomic mass is 16.3. The number of aryl methyl sites for hydroxylation is 1. The molecule has 0 N–H and O–H groups in total. The molecule has 8 aromatic rings. The van der Waals surface area contributed by atoms with E-state index < -0.39 is 0 Å². The first-order valence-corrected chi connectivity index (χ1v) is 12.0. The number of furan rings is 1. The molecule has 0 saturated heterocycles. The molecule has 0 aliphatic carbocycles. The van der Waals surface area contributed by atoms with Gasteiger partial charge in [-0.05, 0) is 48.0 Å². The van der Waals surface area contributed by atoms with Gasteiger partial charge in [0.2, 0.25) is 0 Å². The minimum atomic E-state index is 0.932. The van der Waals surface area contributed by atoms with Crippen molar-refractivity contribution in [1.29, 1.82) is 0 Å². The molecule has 6 aromatic carbocycles. The van der Waals surface area contributed by atoms with E-state index in [1.807, 2.05) is 6.07 Å². The first-order valence-electron chi connectivity index (χ1n) is 12.0. The lowest BCUT2D eigenvalue weighted by Crippen LogP contribution is -1.94. The van der Waals surface area contributed by atoms with Crippen LogP contribution in [0.15, 0.2) is 114 Å². The van der Waals surface area contributed by atoms with E-state index in [9.17, 15) is 0 Å². The van der Waals surface area contributed by atoms with Crippen LogP contribution in [0.5, 0.6) is 0 Å². The van der Waals surface area contributed by atoms with Gasteiger partial charge in [0.15, 0.2) is 0 Å². The highest BCUT2D eigenvalue weighted by Gasteiger charge is 2.18. The highest BCUT2D eigenvalue weighted by molar-refractivity contribution is 6.28. The van der Waals surface area contributed by atoms with E-state index in [0.717, 1.165) is 16.6 Å². The Morgan fingerprint density at radius 1 is 0.543 bits per heavy atom. The van der Waals surface area contributed by atoms with Gasteiger partial charge in [0.25, 0.3) is 0 Å².